The molecule has 0 aliphatic carbocycles. The molecule has 0 spiro atoms. The number of para-hydroxylation sites is 1. The van der Waals surface area contributed by atoms with Crippen LogP contribution in [-0.2, 0) is 16.4 Å². The Balaban J connectivity index is 1.99. The molecule has 1 heterocycles. The minimum atomic E-state index is -2.87. The molecular formula is C12H17NO4S. The fraction of sp³-hybridized carbons (Fsp3) is 0.500. The van der Waals surface area contributed by atoms with Gasteiger partial charge < -0.3 is 15.2 Å². The van der Waals surface area contributed by atoms with Gasteiger partial charge in [0.05, 0.1) is 18.6 Å². The number of rotatable bonds is 4. The highest BCUT2D eigenvalue weighted by Gasteiger charge is 2.27. The van der Waals surface area contributed by atoms with E-state index in [2.05, 4.69) is 5.32 Å². The van der Waals surface area contributed by atoms with Gasteiger partial charge in [-0.15, -0.1) is 0 Å². The Bertz CT molecular complexity index is 527. The molecule has 0 saturated carbocycles. The second-order valence-corrected chi connectivity index (χ2v) is 6.68. The second-order valence-electron chi connectivity index (χ2n) is 4.45. The van der Waals surface area contributed by atoms with Crippen molar-refractivity contribution in [3.8, 4) is 11.5 Å². The molecule has 1 unspecified atom stereocenters. The third-order valence-corrected chi connectivity index (χ3v) is 4.88. The summed E-state index contributed by atoms with van der Waals surface area (Å²) in [7, 11) is -1.38. The zero-order valence-corrected chi connectivity index (χ0v) is 11.0. The van der Waals surface area contributed by atoms with Crippen molar-refractivity contribution < 1.29 is 18.3 Å². The Morgan fingerprint density at radius 1 is 1.50 bits per heavy atom. The molecule has 1 atom stereocenters. The Hall–Kier alpha value is -1.27. The van der Waals surface area contributed by atoms with E-state index in [1.807, 2.05) is 0 Å². The molecule has 1 aliphatic heterocycles. The van der Waals surface area contributed by atoms with Gasteiger partial charge in [-0.1, -0.05) is 12.1 Å². The van der Waals surface area contributed by atoms with Gasteiger partial charge in [-0.25, -0.2) is 8.42 Å². The SMILES string of the molecule is COc1cccc(CNC2CCS(=O)(=O)C2)c1O. The van der Waals surface area contributed by atoms with E-state index in [0.29, 0.717) is 24.3 Å². The molecule has 1 aromatic carbocycles. The predicted octanol–water partition coefficient (Wildman–Crippen LogP) is 0.677. The molecular weight excluding hydrogens is 254 g/mol. The topological polar surface area (TPSA) is 75.6 Å². The lowest BCUT2D eigenvalue weighted by Crippen LogP contribution is -2.29. The maximum Gasteiger partial charge on any atom is 0.162 e. The number of phenols is 1. The summed E-state index contributed by atoms with van der Waals surface area (Å²) in [6.07, 6.45) is 0.632. The first kappa shape index (κ1) is 13.2. The van der Waals surface area contributed by atoms with E-state index in [0.717, 1.165) is 0 Å². The van der Waals surface area contributed by atoms with E-state index >= 15 is 0 Å². The van der Waals surface area contributed by atoms with Crippen molar-refractivity contribution >= 4 is 9.84 Å². The van der Waals surface area contributed by atoms with Crippen LogP contribution in [0.15, 0.2) is 18.2 Å². The number of aromatic hydroxyl groups is 1. The Morgan fingerprint density at radius 2 is 2.28 bits per heavy atom. The second kappa shape index (κ2) is 5.16. The van der Waals surface area contributed by atoms with Gasteiger partial charge in [0.2, 0.25) is 0 Å². The van der Waals surface area contributed by atoms with Gasteiger partial charge in [-0.2, -0.15) is 0 Å². The zero-order valence-electron chi connectivity index (χ0n) is 10.2. The number of hydrogen-bond acceptors (Lipinski definition) is 5. The quantitative estimate of drug-likeness (QED) is 0.842. The molecule has 0 aromatic heterocycles. The first-order valence-electron chi connectivity index (χ1n) is 5.80. The van der Waals surface area contributed by atoms with Crippen LogP contribution >= 0.6 is 0 Å². The monoisotopic (exact) mass is 271 g/mol. The lowest BCUT2D eigenvalue weighted by molar-refractivity contribution is 0.369. The Morgan fingerprint density at radius 3 is 2.89 bits per heavy atom. The van der Waals surface area contributed by atoms with Gasteiger partial charge in [0.15, 0.2) is 21.3 Å². The van der Waals surface area contributed by atoms with Gasteiger partial charge in [-0.05, 0) is 12.5 Å². The largest absolute Gasteiger partial charge is 0.504 e. The zero-order chi connectivity index (χ0) is 13.2. The fourth-order valence-electron chi connectivity index (χ4n) is 2.09. The maximum atomic E-state index is 11.3. The molecule has 1 aliphatic rings. The highest BCUT2D eigenvalue weighted by Crippen LogP contribution is 2.29. The minimum absolute atomic E-state index is 0.0272. The Labute approximate surface area is 107 Å². The summed E-state index contributed by atoms with van der Waals surface area (Å²) in [4.78, 5) is 0. The molecule has 0 bridgehead atoms. The number of nitrogens with one attached hydrogen (secondary N) is 1. The summed E-state index contributed by atoms with van der Waals surface area (Å²) in [5.74, 6) is 0.952. The number of ether oxygens (including phenoxy) is 1. The van der Waals surface area contributed by atoms with Crippen LogP contribution < -0.4 is 10.1 Å². The van der Waals surface area contributed by atoms with Crippen LogP contribution in [0.25, 0.3) is 0 Å². The van der Waals surface area contributed by atoms with Gasteiger partial charge in [0.1, 0.15) is 0 Å². The average molecular weight is 271 g/mol. The van der Waals surface area contributed by atoms with E-state index in [1.165, 1.54) is 7.11 Å². The third-order valence-electron chi connectivity index (χ3n) is 3.12. The number of sulfone groups is 1. The van der Waals surface area contributed by atoms with Crippen LogP contribution in [0, 0.1) is 0 Å². The van der Waals surface area contributed by atoms with Gasteiger partial charge in [0.25, 0.3) is 0 Å². The number of methoxy groups -OCH3 is 1. The summed E-state index contributed by atoms with van der Waals surface area (Å²) >= 11 is 0. The van der Waals surface area contributed by atoms with Gasteiger partial charge >= 0.3 is 0 Å². The third kappa shape index (κ3) is 2.94. The van der Waals surface area contributed by atoms with Crippen LogP contribution in [0.5, 0.6) is 11.5 Å². The van der Waals surface area contributed by atoms with E-state index in [9.17, 15) is 13.5 Å². The highest BCUT2D eigenvalue weighted by atomic mass is 32.2. The number of phenolic OH excluding ortho intramolecular Hbond substituents is 1. The van der Waals surface area contributed by atoms with Gasteiger partial charge in [-0.3, -0.25) is 0 Å². The van der Waals surface area contributed by atoms with Gasteiger partial charge in [0, 0.05) is 18.2 Å². The fourth-order valence-corrected chi connectivity index (χ4v) is 3.79. The first-order chi connectivity index (χ1) is 8.52. The molecule has 6 heteroatoms. The molecule has 1 aromatic rings. The summed E-state index contributed by atoms with van der Waals surface area (Å²) < 4.78 is 27.6. The van der Waals surface area contributed by atoms with Crippen molar-refractivity contribution in [2.75, 3.05) is 18.6 Å². The molecule has 1 saturated heterocycles. The van der Waals surface area contributed by atoms with E-state index < -0.39 is 9.84 Å². The van der Waals surface area contributed by atoms with E-state index in [1.54, 1.807) is 18.2 Å². The maximum absolute atomic E-state index is 11.3. The molecule has 0 radical (unpaired) electrons. The van der Waals surface area contributed by atoms with Crippen LogP contribution in [0.4, 0.5) is 0 Å². The summed E-state index contributed by atoms with van der Waals surface area (Å²) in [6.45, 7) is 0.434. The predicted molar refractivity (Wildman–Crippen MR) is 68.6 cm³/mol. The Kier molecular flexibility index (Phi) is 3.77. The van der Waals surface area contributed by atoms with Crippen LogP contribution in [0.2, 0.25) is 0 Å². The number of hydrogen-bond donors (Lipinski definition) is 2. The van der Waals surface area contributed by atoms with Crippen molar-refractivity contribution in [3.05, 3.63) is 23.8 Å². The standard InChI is InChI=1S/C12H17NO4S/c1-17-11-4-2-3-9(12(11)14)7-13-10-5-6-18(15,16)8-10/h2-4,10,13-14H,5-8H2,1H3. The lowest BCUT2D eigenvalue weighted by atomic mass is 10.1. The lowest BCUT2D eigenvalue weighted by Gasteiger charge is -2.13. The van der Waals surface area contributed by atoms with Crippen molar-refractivity contribution in [3.63, 3.8) is 0 Å². The molecule has 1 fully saturated rings. The smallest absolute Gasteiger partial charge is 0.162 e. The summed E-state index contributed by atoms with van der Waals surface area (Å²) in [5, 5.41) is 13.0. The first-order valence-corrected chi connectivity index (χ1v) is 7.62. The molecule has 0 amide bonds. The van der Waals surface area contributed by atoms with Crippen molar-refractivity contribution in [2.24, 2.45) is 0 Å². The highest BCUT2D eigenvalue weighted by molar-refractivity contribution is 7.91. The van der Waals surface area contributed by atoms with Crippen LogP contribution in [-0.4, -0.2) is 38.2 Å². The number of benzene rings is 1. The van der Waals surface area contributed by atoms with Crippen molar-refractivity contribution in [1.82, 2.24) is 5.32 Å². The summed E-state index contributed by atoms with van der Waals surface area (Å²) in [5.41, 5.74) is 0.707. The van der Waals surface area contributed by atoms with Crippen molar-refractivity contribution in [1.29, 1.82) is 0 Å². The normalized spacial score (nSPS) is 21.9. The molecule has 18 heavy (non-hydrogen) atoms. The van der Waals surface area contributed by atoms with E-state index in [4.69, 9.17) is 4.74 Å². The van der Waals surface area contributed by atoms with E-state index in [-0.39, 0.29) is 23.3 Å². The molecule has 2 N–H and O–H groups in total. The molecule has 2 rings (SSSR count). The summed E-state index contributed by atoms with van der Waals surface area (Å²) in [6, 6.07) is 5.23. The average Bonchev–Trinajstić information content (AvgIpc) is 2.68. The van der Waals surface area contributed by atoms with Crippen LogP contribution in [0.3, 0.4) is 0 Å². The van der Waals surface area contributed by atoms with Crippen LogP contribution in [0.1, 0.15) is 12.0 Å². The molecule has 5 nitrogen and oxygen atoms in total. The van der Waals surface area contributed by atoms with Crippen molar-refractivity contribution in [2.45, 2.75) is 19.0 Å². The minimum Gasteiger partial charge on any atom is -0.504 e. The molecule has 100 valence electrons.